The predicted octanol–water partition coefficient (Wildman–Crippen LogP) is 4.22. The molecule has 0 radical (unpaired) electrons. The first-order valence-corrected chi connectivity index (χ1v) is 6.23. The van der Waals surface area contributed by atoms with E-state index in [9.17, 15) is 8.78 Å². The first-order valence-electron chi connectivity index (χ1n) is 5.65. The molecule has 0 amide bonds. The molecular formula is C14H13F2N2P. The quantitative estimate of drug-likeness (QED) is 0.640. The van der Waals surface area contributed by atoms with Crippen molar-refractivity contribution >= 4 is 20.8 Å². The number of hydrogen-bond acceptors (Lipinski definition) is 2. The molecule has 0 bridgehead atoms. The minimum atomic E-state index is -0.611. The SMILES string of the molecule is CC(=N)c1cc(-c2c(F)cccc2F)ccc1NP. The van der Waals surface area contributed by atoms with E-state index in [2.05, 4.69) is 14.5 Å². The van der Waals surface area contributed by atoms with Crippen molar-refractivity contribution in [3.8, 4) is 11.1 Å². The Hall–Kier alpha value is -1.80. The molecule has 2 N–H and O–H groups in total. The first-order chi connectivity index (χ1) is 9.04. The smallest absolute Gasteiger partial charge is 0.133 e. The molecule has 0 aromatic heterocycles. The lowest BCUT2D eigenvalue weighted by atomic mass is 9.99. The minimum Gasteiger partial charge on any atom is -0.369 e. The summed E-state index contributed by atoms with van der Waals surface area (Å²) >= 11 is 0. The third-order valence-electron chi connectivity index (χ3n) is 2.83. The number of benzene rings is 2. The summed E-state index contributed by atoms with van der Waals surface area (Å²) in [4.78, 5) is 0. The number of anilines is 1. The first kappa shape index (κ1) is 13.6. The molecular weight excluding hydrogens is 265 g/mol. The molecule has 0 saturated carbocycles. The lowest BCUT2D eigenvalue weighted by molar-refractivity contribution is 0.589. The Morgan fingerprint density at radius 2 is 1.79 bits per heavy atom. The number of halogens is 2. The largest absolute Gasteiger partial charge is 0.369 e. The van der Waals surface area contributed by atoms with E-state index in [-0.39, 0.29) is 5.56 Å². The lowest BCUT2D eigenvalue weighted by Gasteiger charge is -2.11. The maximum absolute atomic E-state index is 13.7. The monoisotopic (exact) mass is 278 g/mol. The predicted molar refractivity (Wildman–Crippen MR) is 77.6 cm³/mol. The molecule has 19 heavy (non-hydrogen) atoms. The van der Waals surface area contributed by atoms with Crippen LogP contribution in [0.5, 0.6) is 0 Å². The van der Waals surface area contributed by atoms with Gasteiger partial charge in [-0.3, -0.25) is 0 Å². The van der Waals surface area contributed by atoms with Crippen LogP contribution in [-0.2, 0) is 0 Å². The van der Waals surface area contributed by atoms with Gasteiger partial charge in [-0.25, -0.2) is 8.78 Å². The van der Waals surface area contributed by atoms with Gasteiger partial charge in [0, 0.05) is 17.0 Å². The van der Waals surface area contributed by atoms with Crippen LogP contribution < -0.4 is 5.09 Å². The average Bonchev–Trinajstić information content (AvgIpc) is 2.38. The van der Waals surface area contributed by atoms with Gasteiger partial charge in [-0.05, 0) is 46.1 Å². The number of hydrogen-bond donors (Lipinski definition) is 2. The van der Waals surface area contributed by atoms with Gasteiger partial charge in [0.15, 0.2) is 0 Å². The van der Waals surface area contributed by atoms with E-state index in [0.29, 0.717) is 16.8 Å². The zero-order chi connectivity index (χ0) is 14.0. The Labute approximate surface area is 112 Å². The van der Waals surface area contributed by atoms with Crippen molar-refractivity contribution in [2.45, 2.75) is 6.92 Å². The van der Waals surface area contributed by atoms with Gasteiger partial charge in [-0.1, -0.05) is 12.1 Å². The highest BCUT2D eigenvalue weighted by Gasteiger charge is 2.13. The van der Waals surface area contributed by atoms with E-state index in [1.165, 1.54) is 18.2 Å². The summed E-state index contributed by atoms with van der Waals surface area (Å²) in [6.07, 6.45) is 0. The molecule has 2 aromatic rings. The van der Waals surface area contributed by atoms with Crippen LogP contribution in [0.4, 0.5) is 14.5 Å². The van der Waals surface area contributed by atoms with Gasteiger partial charge in [-0.2, -0.15) is 0 Å². The van der Waals surface area contributed by atoms with E-state index < -0.39 is 11.6 Å². The summed E-state index contributed by atoms with van der Waals surface area (Å²) in [6.45, 7) is 1.63. The Kier molecular flexibility index (Phi) is 3.91. The molecule has 2 rings (SSSR count). The van der Waals surface area contributed by atoms with Gasteiger partial charge < -0.3 is 10.5 Å². The summed E-state index contributed by atoms with van der Waals surface area (Å²) in [5.74, 6) is -1.22. The van der Waals surface area contributed by atoms with Crippen molar-refractivity contribution in [1.82, 2.24) is 0 Å². The van der Waals surface area contributed by atoms with Crippen molar-refractivity contribution in [2.24, 2.45) is 0 Å². The van der Waals surface area contributed by atoms with Crippen LogP contribution in [0.1, 0.15) is 12.5 Å². The Bertz CT molecular complexity index is 621. The van der Waals surface area contributed by atoms with Crippen molar-refractivity contribution in [2.75, 3.05) is 5.09 Å². The van der Waals surface area contributed by atoms with E-state index in [1.54, 1.807) is 25.1 Å². The fraction of sp³-hybridized carbons (Fsp3) is 0.0714. The van der Waals surface area contributed by atoms with Crippen molar-refractivity contribution in [1.29, 1.82) is 5.41 Å². The molecule has 0 aliphatic carbocycles. The Balaban J connectivity index is 2.64. The Morgan fingerprint density at radius 1 is 1.16 bits per heavy atom. The van der Waals surface area contributed by atoms with Crippen LogP contribution in [-0.4, -0.2) is 5.71 Å². The van der Waals surface area contributed by atoms with E-state index in [0.717, 1.165) is 5.69 Å². The van der Waals surface area contributed by atoms with Crippen LogP contribution in [0, 0.1) is 17.0 Å². The number of nitrogens with one attached hydrogen (secondary N) is 2. The van der Waals surface area contributed by atoms with Gasteiger partial charge >= 0.3 is 0 Å². The number of rotatable bonds is 3. The molecule has 2 aromatic carbocycles. The van der Waals surface area contributed by atoms with Crippen LogP contribution in [0.2, 0.25) is 0 Å². The van der Waals surface area contributed by atoms with E-state index in [4.69, 9.17) is 5.41 Å². The normalized spacial score (nSPS) is 10.3. The van der Waals surface area contributed by atoms with E-state index in [1.807, 2.05) is 0 Å². The second kappa shape index (κ2) is 5.45. The highest BCUT2D eigenvalue weighted by atomic mass is 31.0. The molecule has 0 aliphatic heterocycles. The topological polar surface area (TPSA) is 35.9 Å². The zero-order valence-corrected chi connectivity index (χ0v) is 11.5. The second-order valence-electron chi connectivity index (χ2n) is 4.13. The minimum absolute atomic E-state index is 0.0692. The van der Waals surface area contributed by atoms with Crippen molar-refractivity contribution in [3.63, 3.8) is 0 Å². The zero-order valence-electron chi connectivity index (χ0n) is 10.3. The second-order valence-corrected chi connectivity index (χ2v) is 4.42. The molecule has 2 nitrogen and oxygen atoms in total. The van der Waals surface area contributed by atoms with E-state index >= 15 is 0 Å². The van der Waals surface area contributed by atoms with Gasteiger partial charge in [0.2, 0.25) is 0 Å². The lowest BCUT2D eigenvalue weighted by Crippen LogP contribution is -1.99. The summed E-state index contributed by atoms with van der Waals surface area (Å²) in [5, 5.41) is 10.6. The van der Waals surface area contributed by atoms with Gasteiger partial charge in [0.05, 0.1) is 5.56 Å². The summed E-state index contributed by atoms with van der Waals surface area (Å²) in [6, 6.07) is 8.70. The molecule has 0 aliphatic rings. The highest BCUT2D eigenvalue weighted by Crippen LogP contribution is 2.30. The Morgan fingerprint density at radius 3 is 2.32 bits per heavy atom. The summed E-state index contributed by atoms with van der Waals surface area (Å²) in [7, 11) is 2.34. The summed E-state index contributed by atoms with van der Waals surface area (Å²) in [5.41, 5.74) is 2.00. The van der Waals surface area contributed by atoms with Crippen LogP contribution in [0.25, 0.3) is 11.1 Å². The van der Waals surface area contributed by atoms with Crippen molar-refractivity contribution in [3.05, 3.63) is 53.6 Å². The molecule has 0 spiro atoms. The fourth-order valence-corrected chi connectivity index (χ4v) is 2.16. The van der Waals surface area contributed by atoms with Crippen LogP contribution in [0.3, 0.4) is 0 Å². The van der Waals surface area contributed by atoms with Crippen LogP contribution in [0.15, 0.2) is 36.4 Å². The van der Waals surface area contributed by atoms with Gasteiger partial charge in [0.25, 0.3) is 0 Å². The summed E-state index contributed by atoms with van der Waals surface area (Å²) < 4.78 is 27.5. The van der Waals surface area contributed by atoms with Crippen molar-refractivity contribution < 1.29 is 8.78 Å². The molecule has 1 atom stereocenters. The molecule has 0 heterocycles. The third kappa shape index (κ3) is 2.64. The fourth-order valence-electron chi connectivity index (χ4n) is 1.91. The standard InChI is InChI=1S/C14H13F2N2P/c1-8(17)10-7-9(5-6-13(10)18-19)14-11(15)3-2-4-12(14)16/h2-7,17-18H,19H2,1H3. The maximum atomic E-state index is 13.7. The molecule has 0 saturated heterocycles. The van der Waals surface area contributed by atoms with Gasteiger partial charge in [0.1, 0.15) is 11.6 Å². The maximum Gasteiger partial charge on any atom is 0.133 e. The highest BCUT2D eigenvalue weighted by molar-refractivity contribution is 7.18. The molecule has 98 valence electrons. The van der Waals surface area contributed by atoms with Crippen LogP contribution >= 0.6 is 9.39 Å². The molecule has 5 heteroatoms. The van der Waals surface area contributed by atoms with Gasteiger partial charge in [-0.15, -0.1) is 0 Å². The average molecular weight is 278 g/mol. The third-order valence-corrected chi connectivity index (χ3v) is 3.14. The molecule has 0 fully saturated rings. The molecule has 1 unspecified atom stereocenters.